The fraction of sp³-hybridized carbons (Fsp3) is 0.294. The van der Waals surface area contributed by atoms with Crippen molar-refractivity contribution in [3.05, 3.63) is 53.7 Å². The summed E-state index contributed by atoms with van der Waals surface area (Å²) in [5.74, 6) is -0.0497. The Morgan fingerprint density at radius 1 is 1.33 bits per heavy atom. The van der Waals surface area contributed by atoms with E-state index in [1.54, 1.807) is 11.0 Å². The Labute approximate surface area is 125 Å². The molecule has 1 heterocycles. The maximum atomic E-state index is 12.4. The van der Waals surface area contributed by atoms with E-state index >= 15 is 0 Å². The van der Waals surface area contributed by atoms with E-state index in [-0.39, 0.29) is 5.91 Å². The number of carbonyl (C=O) groups excluding carboxylic acids is 1. The summed E-state index contributed by atoms with van der Waals surface area (Å²) in [7, 11) is 0. The second-order valence-corrected chi connectivity index (χ2v) is 5.31. The summed E-state index contributed by atoms with van der Waals surface area (Å²) in [6, 6.07) is 9.88. The highest BCUT2D eigenvalue weighted by Gasteiger charge is 2.17. The van der Waals surface area contributed by atoms with Gasteiger partial charge in [-0.05, 0) is 26.8 Å². The number of hydrogen-bond acceptors (Lipinski definition) is 2. The minimum Gasteiger partial charge on any atom is -0.334 e. The van der Waals surface area contributed by atoms with Crippen molar-refractivity contribution in [2.45, 2.75) is 20.8 Å². The first-order chi connectivity index (χ1) is 10.0. The Hall–Kier alpha value is -2.36. The Balaban J connectivity index is 2.20. The van der Waals surface area contributed by atoms with Crippen molar-refractivity contribution in [3.8, 4) is 11.3 Å². The monoisotopic (exact) mass is 283 g/mol. The maximum Gasteiger partial charge on any atom is 0.272 e. The van der Waals surface area contributed by atoms with E-state index in [4.69, 9.17) is 0 Å². The molecular weight excluding hydrogens is 262 g/mol. The summed E-state index contributed by atoms with van der Waals surface area (Å²) in [6.07, 6.45) is 0. The zero-order valence-electron chi connectivity index (χ0n) is 12.8. The molecule has 0 aliphatic rings. The number of rotatable bonds is 5. The van der Waals surface area contributed by atoms with Crippen LogP contribution in [0.15, 0.2) is 42.5 Å². The molecule has 0 saturated carbocycles. The van der Waals surface area contributed by atoms with Crippen molar-refractivity contribution in [1.82, 2.24) is 15.1 Å². The molecule has 1 aromatic carbocycles. The van der Waals surface area contributed by atoms with Gasteiger partial charge in [-0.1, -0.05) is 42.0 Å². The molecule has 21 heavy (non-hydrogen) atoms. The molecule has 0 radical (unpaired) electrons. The fourth-order valence-electron chi connectivity index (χ4n) is 2.13. The standard InChI is InChI=1S/C17H21N3O/c1-5-20(11-12(2)3)17(21)16-10-15(18-19-16)14-8-6-13(4)7-9-14/h6-10H,2,5,11H2,1,3-4H3,(H,18,19). The second kappa shape index (κ2) is 6.39. The van der Waals surface area contributed by atoms with Gasteiger partial charge in [0.1, 0.15) is 5.69 Å². The molecule has 4 nitrogen and oxygen atoms in total. The number of nitrogens with one attached hydrogen (secondary N) is 1. The van der Waals surface area contributed by atoms with Crippen molar-refractivity contribution in [3.63, 3.8) is 0 Å². The van der Waals surface area contributed by atoms with Crippen LogP contribution in [0.3, 0.4) is 0 Å². The topological polar surface area (TPSA) is 49.0 Å². The van der Waals surface area contributed by atoms with Gasteiger partial charge in [-0.2, -0.15) is 5.10 Å². The first-order valence-electron chi connectivity index (χ1n) is 7.07. The molecule has 1 N–H and O–H groups in total. The lowest BCUT2D eigenvalue weighted by Crippen LogP contribution is -2.32. The summed E-state index contributed by atoms with van der Waals surface area (Å²) in [5, 5.41) is 7.07. The van der Waals surface area contributed by atoms with Crippen LogP contribution in [0.5, 0.6) is 0 Å². The van der Waals surface area contributed by atoms with E-state index in [0.717, 1.165) is 16.8 Å². The average molecular weight is 283 g/mol. The van der Waals surface area contributed by atoms with Gasteiger partial charge in [-0.3, -0.25) is 9.89 Å². The van der Waals surface area contributed by atoms with Crippen LogP contribution in [0.25, 0.3) is 11.3 Å². The second-order valence-electron chi connectivity index (χ2n) is 5.31. The number of benzene rings is 1. The van der Waals surface area contributed by atoms with Crippen LogP contribution in [0.1, 0.15) is 29.9 Å². The molecule has 0 fully saturated rings. The highest BCUT2D eigenvalue weighted by molar-refractivity contribution is 5.93. The molecular formula is C17H21N3O. The molecule has 2 aromatic rings. The molecule has 0 spiro atoms. The van der Waals surface area contributed by atoms with E-state index in [2.05, 4.69) is 16.8 Å². The molecule has 4 heteroatoms. The quantitative estimate of drug-likeness (QED) is 0.855. The minimum absolute atomic E-state index is 0.0497. The first-order valence-corrected chi connectivity index (χ1v) is 7.07. The summed E-state index contributed by atoms with van der Waals surface area (Å²) in [6.45, 7) is 11.0. The number of aromatic amines is 1. The van der Waals surface area contributed by atoms with Crippen LogP contribution >= 0.6 is 0 Å². The predicted molar refractivity (Wildman–Crippen MR) is 85.2 cm³/mol. The number of aromatic nitrogens is 2. The van der Waals surface area contributed by atoms with E-state index < -0.39 is 0 Å². The van der Waals surface area contributed by atoms with Crippen LogP contribution in [0.4, 0.5) is 0 Å². The van der Waals surface area contributed by atoms with Gasteiger partial charge in [0.05, 0.1) is 5.69 Å². The Morgan fingerprint density at radius 3 is 2.57 bits per heavy atom. The minimum atomic E-state index is -0.0497. The Kier molecular flexibility index (Phi) is 4.58. The van der Waals surface area contributed by atoms with Crippen molar-refractivity contribution >= 4 is 5.91 Å². The molecule has 0 aliphatic carbocycles. The number of H-pyrrole nitrogens is 1. The molecule has 0 bridgehead atoms. The third-order valence-corrected chi connectivity index (χ3v) is 3.29. The Bertz CT molecular complexity index is 640. The maximum absolute atomic E-state index is 12.4. The van der Waals surface area contributed by atoms with E-state index in [1.807, 2.05) is 45.0 Å². The van der Waals surface area contributed by atoms with Gasteiger partial charge in [0.15, 0.2) is 0 Å². The van der Waals surface area contributed by atoms with Crippen molar-refractivity contribution < 1.29 is 4.79 Å². The predicted octanol–water partition coefficient (Wildman–Crippen LogP) is 3.42. The lowest BCUT2D eigenvalue weighted by atomic mass is 10.1. The van der Waals surface area contributed by atoms with Crippen LogP contribution in [-0.4, -0.2) is 34.1 Å². The van der Waals surface area contributed by atoms with Crippen LogP contribution in [0.2, 0.25) is 0 Å². The van der Waals surface area contributed by atoms with Gasteiger partial charge in [-0.25, -0.2) is 0 Å². The van der Waals surface area contributed by atoms with Gasteiger partial charge >= 0.3 is 0 Å². The average Bonchev–Trinajstić information content (AvgIpc) is 2.94. The largest absolute Gasteiger partial charge is 0.334 e. The molecule has 0 unspecified atom stereocenters. The summed E-state index contributed by atoms with van der Waals surface area (Å²) in [4.78, 5) is 14.2. The van der Waals surface area contributed by atoms with Crippen LogP contribution in [-0.2, 0) is 0 Å². The van der Waals surface area contributed by atoms with Gasteiger partial charge in [0.2, 0.25) is 0 Å². The Morgan fingerprint density at radius 2 is 2.00 bits per heavy atom. The third-order valence-electron chi connectivity index (χ3n) is 3.29. The lowest BCUT2D eigenvalue weighted by molar-refractivity contribution is 0.0772. The van der Waals surface area contributed by atoms with E-state index in [0.29, 0.717) is 18.8 Å². The smallest absolute Gasteiger partial charge is 0.272 e. The van der Waals surface area contributed by atoms with Gasteiger partial charge in [0.25, 0.3) is 5.91 Å². The number of amides is 1. The van der Waals surface area contributed by atoms with Gasteiger partial charge in [-0.15, -0.1) is 0 Å². The molecule has 1 amide bonds. The SMILES string of the molecule is C=C(C)CN(CC)C(=O)c1cc(-c2ccc(C)cc2)n[nH]1. The summed E-state index contributed by atoms with van der Waals surface area (Å²) in [5.41, 5.74) is 4.45. The zero-order valence-corrected chi connectivity index (χ0v) is 12.8. The van der Waals surface area contributed by atoms with Gasteiger partial charge < -0.3 is 4.90 Å². The zero-order chi connectivity index (χ0) is 15.4. The molecule has 1 aromatic heterocycles. The highest BCUT2D eigenvalue weighted by atomic mass is 16.2. The molecule has 2 rings (SSSR count). The molecule has 0 saturated heterocycles. The highest BCUT2D eigenvalue weighted by Crippen LogP contribution is 2.19. The van der Waals surface area contributed by atoms with Gasteiger partial charge in [0, 0.05) is 18.7 Å². The fourth-order valence-corrected chi connectivity index (χ4v) is 2.13. The number of hydrogen-bond donors (Lipinski definition) is 1. The normalized spacial score (nSPS) is 10.4. The third kappa shape index (κ3) is 3.60. The van der Waals surface area contributed by atoms with Crippen molar-refractivity contribution in [2.75, 3.05) is 13.1 Å². The number of aryl methyl sites for hydroxylation is 1. The van der Waals surface area contributed by atoms with Crippen LogP contribution < -0.4 is 0 Å². The molecule has 0 aliphatic heterocycles. The van der Waals surface area contributed by atoms with E-state index in [1.165, 1.54) is 5.56 Å². The summed E-state index contributed by atoms with van der Waals surface area (Å²) < 4.78 is 0. The number of likely N-dealkylation sites (N-methyl/N-ethyl adjacent to an activating group) is 1. The number of carbonyl (C=O) groups is 1. The van der Waals surface area contributed by atoms with Crippen molar-refractivity contribution in [1.29, 1.82) is 0 Å². The molecule has 0 atom stereocenters. The van der Waals surface area contributed by atoms with E-state index in [9.17, 15) is 4.79 Å². The van der Waals surface area contributed by atoms with Crippen LogP contribution in [0, 0.1) is 6.92 Å². The lowest BCUT2D eigenvalue weighted by Gasteiger charge is -2.19. The molecule has 110 valence electrons. The summed E-state index contributed by atoms with van der Waals surface area (Å²) >= 11 is 0. The number of nitrogens with zero attached hydrogens (tertiary/aromatic N) is 2. The first kappa shape index (κ1) is 15.0. The van der Waals surface area contributed by atoms with Crippen molar-refractivity contribution in [2.24, 2.45) is 0 Å².